The summed E-state index contributed by atoms with van der Waals surface area (Å²) in [4.78, 5) is 24.9. The SMILES string of the molecule is CN(CC(F)F)C(=O)N1CCC(C)(C(=O)O)C1. The Labute approximate surface area is 98.0 Å². The van der Waals surface area contributed by atoms with Gasteiger partial charge < -0.3 is 14.9 Å². The molecule has 1 unspecified atom stereocenters. The number of aliphatic carboxylic acids is 1. The van der Waals surface area contributed by atoms with E-state index in [1.807, 2.05) is 0 Å². The van der Waals surface area contributed by atoms with Gasteiger partial charge in [-0.15, -0.1) is 0 Å². The first-order valence-electron chi connectivity index (χ1n) is 5.28. The summed E-state index contributed by atoms with van der Waals surface area (Å²) in [5.41, 5.74) is -0.971. The van der Waals surface area contributed by atoms with Gasteiger partial charge in [-0.3, -0.25) is 4.79 Å². The molecule has 0 aromatic heterocycles. The van der Waals surface area contributed by atoms with Gasteiger partial charge in [-0.25, -0.2) is 13.6 Å². The van der Waals surface area contributed by atoms with Crippen LogP contribution in [0.2, 0.25) is 0 Å². The molecular weight excluding hydrogens is 234 g/mol. The minimum Gasteiger partial charge on any atom is -0.481 e. The fraction of sp³-hybridized carbons (Fsp3) is 0.800. The van der Waals surface area contributed by atoms with E-state index in [1.54, 1.807) is 6.92 Å². The molecule has 1 N–H and O–H groups in total. The molecule has 7 heteroatoms. The fourth-order valence-corrected chi connectivity index (χ4v) is 1.83. The number of nitrogens with zero attached hydrogens (tertiary/aromatic N) is 2. The van der Waals surface area contributed by atoms with E-state index in [-0.39, 0.29) is 13.1 Å². The van der Waals surface area contributed by atoms with Gasteiger partial charge in [0.2, 0.25) is 0 Å². The largest absolute Gasteiger partial charge is 0.481 e. The van der Waals surface area contributed by atoms with Crippen LogP contribution in [0.15, 0.2) is 0 Å². The molecule has 17 heavy (non-hydrogen) atoms. The van der Waals surface area contributed by atoms with Crippen molar-refractivity contribution in [2.24, 2.45) is 5.41 Å². The highest BCUT2D eigenvalue weighted by Gasteiger charge is 2.42. The van der Waals surface area contributed by atoms with Gasteiger partial charge in [0.1, 0.15) is 0 Å². The summed E-state index contributed by atoms with van der Waals surface area (Å²) < 4.78 is 24.2. The topological polar surface area (TPSA) is 60.9 Å². The average Bonchev–Trinajstić information content (AvgIpc) is 2.60. The summed E-state index contributed by atoms with van der Waals surface area (Å²) in [6, 6.07) is -0.546. The number of urea groups is 1. The summed E-state index contributed by atoms with van der Waals surface area (Å²) in [7, 11) is 1.28. The molecule has 1 rings (SSSR count). The lowest BCUT2D eigenvalue weighted by atomic mass is 9.90. The zero-order chi connectivity index (χ0) is 13.2. The molecule has 2 amide bonds. The molecule has 0 aromatic carbocycles. The van der Waals surface area contributed by atoms with Gasteiger partial charge in [0.05, 0.1) is 12.0 Å². The van der Waals surface area contributed by atoms with Crippen LogP contribution in [-0.4, -0.2) is 60.0 Å². The minimum atomic E-state index is -2.59. The maximum absolute atomic E-state index is 12.1. The summed E-state index contributed by atoms with van der Waals surface area (Å²) in [5.74, 6) is -0.968. The molecule has 1 fully saturated rings. The van der Waals surface area contributed by atoms with Crippen molar-refractivity contribution in [1.82, 2.24) is 9.80 Å². The third-order valence-corrected chi connectivity index (χ3v) is 3.00. The van der Waals surface area contributed by atoms with Crippen LogP contribution in [-0.2, 0) is 4.79 Å². The van der Waals surface area contributed by atoms with Crippen molar-refractivity contribution in [3.05, 3.63) is 0 Å². The number of alkyl halides is 2. The van der Waals surface area contributed by atoms with Crippen molar-refractivity contribution in [3.8, 4) is 0 Å². The Morgan fingerprint density at radius 1 is 1.53 bits per heavy atom. The van der Waals surface area contributed by atoms with E-state index in [0.29, 0.717) is 6.42 Å². The molecule has 0 aliphatic carbocycles. The Hall–Kier alpha value is -1.40. The average molecular weight is 250 g/mol. The van der Waals surface area contributed by atoms with Gasteiger partial charge >= 0.3 is 12.0 Å². The normalized spacial score (nSPS) is 24.2. The van der Waals surface area contributed by atoms with Crippen molar-refractivity contribution in [2.45, 2.75) is 19.8 Å². The van der Waals surface area contributed by atoms with Crippen LogP contribution < -0.4 is 0 Å². The molecule has 0 bridgehead atoms. The van der Waals surface area contributed by atoms with Crippen molar-refractivity contribution in [3.63, 3.8) is 0 Å². The Morgan fingerprint density at radius 3 is 2.53 bits per heavy atom. The predicted octanol–water partition coefficient (Wildman–Crippen LogP) is 1.10. The molecule has 1 aliphatic heterocycles. The van der Waals surface area contributed by atoms with Crippen molar-refractivity contribution in [1.29, 1.82) is 0 Å². The van der Waals surface area contributed by atoms with Crippen LogP contribution in [0.4, 0.5) is 13.6 Å². The summed E-state index contributed by atoms with van der Waals surface area (Å²) in [6.45, 7) is 1.26. The van der Waals surface area contributed by atoms with Gasteiger partial charge in [0, 0.05) is 20.1 Å². The maximum atomic E-state index is 12.1. The van der Waals surface area contributed by atoms with E-state index < -0.39 is 30.4 Å². The number of hydrogen-bond acceptors (Lipinski definition) is 2. The highest BCUT2D eigenvalue weighted by atomic mass is 19.3. The molecule has 1 aliphatic rings. The molecule has 98 valence electrons. The molecule has 0 radical (unpaired) electrons. The summed E-state index contributed by atoms with van der Waals surface area (Å²) in [6.07, 6.45) is -2.24. The Kier molecular flexibility index (Phi) is 3.90. The summed E-state index contributed by atoms with van der Waals surface area (Å²) >= 11 is 0. The molecule has 0 spiro atoms. The quantitative estimate of drug-likeness (QED) is 0.816. The number of likely N-dealkylation sites (tertiary alicyclic amines) is 1. The third kappa shape index (κ3) is 3.04. The number of hydrogen-bond donors (Lipinski definition) is 1. The van der Waals surface area contributed by atoms with Crippen molar-refractivity contribution >= 4 is 12.0 Å². The second-order valence-corrected chi connectivity index (χ2v) is 4.59. The van der Waals surface area contributed by atoms with E-state index in [1.165, 1.54) is 11.9 Å². The van der Waals surface area contributed by atoms with Crippen LogP contribution in [0.5, 0.6) is 0 Å². The van der Waals surface area contributed by atoms with E-state index in [9.17, 15) is 18.4 Å². The standard InChI is InChI=1S/C10H16F2N2O3/c1-10(8(15)16)3-4-14(6-10)9(17)13(2)5-7(11)12/h7H,3-6H2,1-2H3,(H,15,16). The molecule has 1 atom stereocenters. The monoisotopic (exact) mass is 250 g/mol. The summed E-state index contributed by atoms with van der Waals surface area (Å²) in [5, 5.41) is 8.98. The Bertz CT molecular complexity index is 325. The predicted molar refractivity (Wildman–Crippen MR) is 56.0 cm³/mol. The zero-order valence-corrected chi connectivity index (χ0v) is 9.82. The van der Waals surface area contributed by atoms with Crippen LogP contribution in [0.25, 0.3) is 0 Å². The highest BCUT2D eigenvalue weighted by molar-refractivity contribution is 5.79. The lowest BCUT2D eigenvalue weighted by Crippen LogP contribution is -2.43. The van der Waals surface area contributed by atoms with Crippen LogP contribution in [0, 0.1) is 5.41 Å². The fourth-order valence-electron chi connectivity index (χ4n) is 1.83. The lowest BCUT2D eigenvalue weighted by Gasteiger charge is -2.25. The van der Waals surface area contributed by atoms with Gasteiger partial charge in [-0.1, -0.05) is 0 Å². The first-order valence-corrected chi connectivity index (χ1v) is 5.28. The second-order valence-electron chi connectivity index (χ2n) is 4.59. The van der Waals surface area contributed by atoms with Crippen LogP contribution in [0.3, 0.4) is 0 Å². The van der Waals surface area contributed by atoms with E-state index in [0.717, 1.165) is 4.90 Å². The van der Waals surface area contributed by atoms with Crippen molar-refractivity contribution in [2.75, 3.05) is 26.7 Å². The number of carboxylic acids is 1. The maximum Gasteiger partial charge on any atom is 0.319 e. The number of rotatable bonds is 3. The number of carbonyl (C=O) groups excluding carboxylic acids is 1. The smallest absolute Gasteiger partial charge is 0.319 e. The van der Waals surface area contributed by atoms with E-state index in [2.05, 4.69) is 0 Å². The molecule has 5 nitrogen and oxygen atoms in total. The number of halogens is 2. The van der Waals surface area contributed by atoms with Gasteiger partial charge in [-0.2, -0.15) is 0 Å². The molecule has 1 heterocycles. The first kappa shape index (κ1) is 13.7. The van der Waals surface area contributed by atoms with E-state index in [4.69, 9.17) is 5.11 Å². The van der Waals surface area contributed by atoms with Crippen molar-refractivity contribution < 1.29 is 23.5 Å². The molecule has 0 saturated carbocycles. The Balaban J connectivity index is 2.59. The van der Waals surface area contributed by atoms with Gasteiger partial charge in [0.15, 0.2) is 0 Å². The first-order chi connectivity index (χ1) is 7.76. The second kappa shape index (κ2) is 4.85. The number of carboxylic acid groups (broad SMARTS) is 1. The third-order valence-electron chi connectivity index (χ3n) is 3.00. The molecular formula is C10H16F2N2O3. The molecule has 0 aromatic rings. The van der Waals surface area contributed by atoms with Crippen LogP contribution in [0.1, 0.15) is 13.3 Å². The molecule has 1 saturated heterocycles. The van der Waals surface area contributed by atoms with E-state index >= 15 is 0 Å². The van der Waals surface area contributed by atoms with Gasteiger partial charge in [-0.05, 0) is 13.3 Å². The highest BCUT2D eigenvalue weighted by Crippen LogP contribution is 2.30. The Morgan fingerprint density at radius 2 is 2.12 bits per heavy atom. The zero-order valence-electron chi connectivity index (χ0n) is 9.82. The van der Waals surface area contributed by atoms with Crippen LogP contribution >= 0.6 is 0 Å². The number of amides is 2. The number of carbonyl (C=O) groups is 2. The van der Waals surface area contributed by atoms with Gasteiger partial charge in [0.25, 0.3) is 6.43 Å². The minimum absolute atomic E-state index is 0.0642. The lowest BCUT2D eigenvalue weighted by molar-refractivity contribution is -0.147.